The van der Waals surface area contributed by atoms with E-state index in [-0.39, 0.29) is 0 Å². The molecule has 2 nitrogen and oxygen atoms in total. The molecule has 0 fully saturated rings. The van der Waals surface area contributed by atoms with Gasteiger partial charge in [0.1, 0.15) is 0 Å². The summed E-state index contributed by atoms with van der Waals surface area (Å²) in [5.41, 5.74) is 0. The largest absolute Gasteiger partial charge is 0.343 e. The fourth-order valence-corrected chi connectivity index (χ4v) is 1.88. The van der Waals surface area contributed by atoms with Gasteiger partial charge in [-0.15, -0.1) is 11.3 Å². The molecule has 1 aromatic rings. The van der Waals surface area contributed by atoms with E-state index in [1.54, 1.807) is 11.3 Å². The van der Waals surface area contributed by atoms with Crippen molar-refractivity contribution in [1.29, 1.82) is 0 Å². The SMILES string of the molecule is CN(C)Cc1c[nH]c(=S)s1. The Bertz CT molecular complexity index is 248. The Morgan fingerprint density at radius 3 is 2.80 bits per heavy atom. The molecule has 0 aliphatic heterocycles. The first-order valence-corrected chi connectivity index (χ1v) is 4.23. The van der Waals surface area contributed by atoms with Gasteiger partial charge in [-0.1, -0.05) is 0 Å². The van der Waals surface area contributed by atoms with Crippen molar-refractivity contribution in [2.24, 2.45) is 0 Å². The third-order valence-electron chi connectivity index (χ3n) is 1.05. The smallest absolute Gasteiger partial charge is 0.158 e. The summed E-state index contributed by atoms with van der Waals surface area (Å²) in [7, 11) is 4.09. The summed E-state index contributed by atoms with van der Waals surface area (Å²) in [6, 6.07) is 0. The highest BCUT2D eigenvalue weighted by Gasteiger charge is 1.95. The third-order valence-corrected chi connectivity index (χ3v) is 2.23. The van der Waals surface area contributed by atoms with E-state index in [0.29, 0.717) is 0 Å². The molecular weight excluding hydrogens is 164 g/mol. The summed E-state index contributed by atoms with van der Waals surface area (Å²) >= 11 is 6.56. The minimum Gasteiger partial charge on any atom is -0.343 e. The fourth-order valence-electron chi connectivity index (χ4n) is 0.707. The van der Waals surface area contributed by atoms with E-state index in [1.807, 2.05) is 20.3 Å². The van der Waals surface area contributed by atoms with Crippen LogP contribution < -0.4 is 0 Å². The van der Waals surface area contributed by atoms with E-state index in [1.165, 1.54) is 4.88 Å². The molecule has 1 heterocycles. The van der Waals surface area contributed by atoms with Gasteiger partial charge in [0.25, 0.3) is 0 Å². The topological polar surface area (TPSA) is 19.0 Å². The van der Waals surface area contributed by atoms with Crippen LogP contribution in [0.3, 0.4) is 0 Å². The van der Waals surface area contributed by atoms with E-state index >= 15 is 0 Å². The molecule has 0 amide bonds. The number of aromatic nitrogens is 1. The summed E-state index contributed by atoms with van der Waals surface area (Å²) < 4.78 is 0.858. The van der Waals surface area contributed by atoms with Gasteiger partial charge in [0, 0.05) is 17.6 Å². The lowest BCUT2D eigenvalue weighted by Gasteiger charge is -2.04. The molecule has 10 heavy (non-hydrogen) atoms. The Morgan fingerprint density at radius 1 is 1.70 bits per heavy atom. The Hall–Kier alpha value is -0.190. The number of nitrogens with zero attached hydrogens (tertiary/aromatic N) is 1. The monoisotopic (exact) mass is 174 g/mol. The van der Waals surface area contributed by atoms with Crippen molar-refractivity contribution >= 4 is 23.6 Å². The molecule has 0 saturated carbocycles. The van der Waals surface area contributed by atoms with Crippen LogP contribution in [0.1, 0.15) is 4.88 Å². The Morgan fingerprint density at radius 2 is 2.40 bits per heavy atom. The van der Waals surface area contributed by atoms with Crippen LogP contribution in [0.2, 0.25) is 0 Å². The van der Waals surface area contributed by atoms with Crippen LogP contribution in [-0.4, -0.2) is 24.0 Å². The van der Waals surface area contributed by atoms with Crippen LogP contribution in [0, 0.1) is 3.95 Å². The molecule has 0 aromatic carbocycles. The highest BCUT2D eigenvalue weighted by atomic mass is 32.1. The van der Waals surface area contributed by atoms with Crippen molar-refractivity contribution in [2.75, 3.05) is 14.1 Å². The van der Waals surface area contributed by atoms with Crippen LogP contribution in [0.4, 0.5) is 0 Å². The highest BCUT2D eigenvalue weighted by molar-refractivity contribution is 7.73. The highest BCUT2D eigenvalue weighted by Crippen LogP contribution is 2.09. The zero-order valence-electron chi connectivity index (χ0n) is 6.05. The predicted molar refractivity (Wildman–Crippen MR) is 46.9 cm³/mol. The van der Waals surface area contributed by atoms with Gasteiger partial charge >= 0.3 is 0 Å². The zero-order valence-corrected chi connectivity index (χ0v) is 7.68. The fraction of sp³-hybridized carbons (Fsp3) is 0.500. The average Bonchev–Trinajstić information content (AvgIpc) is 2.13. The van der Waals surface area contributed by atoms with E-state index < -0.39 is 0 Å². The molecule has 0 saturated heterocycles. The summed E-state index contributed by atoms with van der Waals surface area (Å²) in [4.78, 5) is 6.39. The molecule has 1 N–H and O–H groups in total. The molecule has 4 heteroatoms. The first kappa shape index (κ1) is 7.91. The molecule has 0 radical (unpaired) electrons. The van der Waals surface area contributed by atoms with Crippen LogP contribution in [0.15, 0.2) is 6.20 Å². The third kappa shape index (κ3) is 2.21. The van der Waals surface area contributed by atoms with Gasteiger partial charge in [0.15, 0.2) is 3.95 Å². The number of hydrogen-bond donors (Lipinski definition) is 1. The molecule has 0 unspecified atom stereocenters. The summed E-state index contributed by atoms with van der Waals surface area (Å²) in [6.45, 7) is 0.970. The number of hydrogen-bond acceptors (Lipinski definition) is 3. The van der Waals surface area contributed by atoms with Gasteiger partial charge in [-0.25, -0.2) is 0 Å². The minimum absolute atomic E-state index is 0.858. The summed E-state index contributed by atoms with van der Waals surface area (Å²) in [5.74, 6) is 0. The van der Waals surface area contributed by atoms with Crippen molar-refractivity contribution in [3.05, 3.63) is 15.0 Å². The normalized spacial score (nSPS) is 10.7. The molecule has 56 valence electrons. The summed E-state index contributed by atoms with van der Waals surface area (Å²) in [6.07, 6.45) is 1.97. The molecule has 1 aromatic heterocycles. The number of thiazole rings is 1. The molecule has 1 rings (SSSR count). The lowest BCUT2D eigenvalue weighted by molar-refractivity contribution is 0.406. The van der Waals surface area contributed by atoms with E-state index in [0.717, 1.165) is 10.5 Å². The number of rotatable bonds is 2. The van der Waals surface area contributed by atoms with Crippen LogP contribution >= 0.6 is 23.6 Å². The standard InChI is InChI=1S/C6H10N2S2/c1-8(2)4-5-3-7-6(9)10-5/h3H,4H2,1-2H3,(H,7,9). The Balaban J connectivity index is 2.67. The maximum Gasteiger partial charge on any atom is 0.158 e. The van der Waals surface area contributed by atoms with E-state index in [9.17, 15) is 0 Å². The van der Waals surface area contributed by atoms with Gasteiger partial charge in [-0.3, -0.25) is 0 Å². The van der Waals surface area contributed by atoms with Gasteiger partial charge in [-0.05, 0) is 26.3 Å². The quantitative estimate of drug-likeness (QED) is 0.690. The number of nitrogens with one attached hydrogen (secondary N) is 1. The Kier molecular flexibility index (Phi) is 2.59. The molecular formula is C6H10N2S2. The summed E-state index contributed by atoms with van der Waals surface area (Å²) in [5, 5.41) is 0. The molecule has 0 aliphatic carbocycles. The van der Waals surface area contributed by atoms with Crippen LogP contribution in [-0.2, 0) is 6.54 Å². The molecule has 0 aliphatic rings. The van der Waals surface area contributed by atoms with Crippen molar-refractivity contribution in [1.82, 2.24) is 9.88 Å². The number of H-pyrrole nitrogens is 1. The second-order valence-corrected chi connectivity index (χ2v) is 4.19. The Labute approximate surface area is 69.5 Å². The van der Waals surface area contributed by atoms with Crippen LogP contribution in [0.25, 0.3) is 0 Å². The second kappa shape index (κ2) is 3.27. The maximum absolute atomic E-state index is 4.93. The van der Waals surface area contributed by atoms with Gasteiger partial charge in [0.2, 0.25) is 0 Å². The predicted octanol–water partition coefficient (Wildman–Crippen LogP) is 1.87. The first-order valence-electron chi connectivity index (χ1n) is 3.00. The van der Waals surface area contributed by atoms with Gasteiger partial charge < -0.3 is 9.88 Å². The maximum atomic E-state index is 4.93. The minimum atomic E-state index is 0.858. The van der Waals surface area contributed by atoms with Crippen molar-refractivity contribution < 1.29 is 0 Å². The second-order valence-electron chi connectivity index (χ2n) is 2.38. The first-order chi connectivity index (χ1) is 4.68. The lowest BCUT2D eigenvalue weighted by atomic mass is 10.5. The molecule has 0 atom stereocenters. The van der Waals surface area contributed by atoms with Crippen LogP contribution in [0.5, 0.6) is 0 Å². The van der Waals surface area contributed by atoms with Gasteiger partial charge in [0.05, 0.1) is 0 Å². The average molecular weight is 174 g/mol. The number of aromatic amines is 1. The molecule has 0 bridgehead atoms. The lowest BCUT2D eigenvalue weighted by Crippen LogP contribution is -2.09. The van der Waals surface area contributed by atoms with E-state index in [2.05, 4.69) is 9.88 Å². The van der Waals surface area contributed by atoms with Gasteiger partial charge in [-0.2, -0.15) is 0 Å². The van der Waals surface area contributed by atoms with Crippen molar-refractivity contribution in [3.63, 3.8) is 0 Å². The van der Waals surface area contributed by atoms with Crippen molar-refractivity contribution in [3.8, 4) is 0 Å². The zero-order chi connectivity index (χ0) is 7.56. The van der Waals surface area contributed by atoms with E-state index in [4.69, 9.17) is 12.2 Å². The molecule has 0 spiro atoms. The van der Waals surface area contributed by atoms with Crippen molar-refractivity contribution in [2.45, 2.75) is 6.54 Å².